The molecule has 0 spiro atoms. The summed E-state index contributed by atoms with van der Waals surface area (Å²) in [6.07, 6.45) is 6.19. The highest BCUT2D eigenvalue weighted by atomic mass is 16.5. The molecule has 100 valence electrons. The Morgan fingerprint density at radius 2 is 2.26 bits per heavy atom. The Morgan fingerprint density at radius 1 is 1.37 bits per heavy atom. The van der Waals surface area contributed by atoms with Gasteiger partial charge in [-0.2, -0.15) is 5.10 Å². The van der Waals surface area contributed by atoms with Crippen LogP contribution in [0.1, 0.15) is 17.0 Å². The highest BCUT2D eigenvalue weighted by Crippen LogP contribution is 2.25. The quantitative estimate of drug-likeness (QED) is 0.820. The number of rotatable bonds is 3. The van der Waals surface area contributed by atoms with Gasteiger partial charge in [0.05, 0.1) is 18.5 Å². The zero-order valence-corrected chi connectivity index (χ0v) is 11.2. The van der Waals surface area contributed by atoms with Gasteiger partial charge in [-0.3, -0.25) is 9.67 Å². The summed E-state index contributed by atoms with van der Waals surface area (Å²) < 4.78 is 7.20. The summed E-state index contributed by atoms with van der Waals surface area (Å²) >= 11 is 0. The lowest BCUT2D eigenvalue weighted by Crippen LogP contribution is -2.31. The van der Waals surface area contributed by atoms with Gasteiger partial charge < -0.3 is 9.64 Å². The van der Waals surface area contributed by atoms with Gasteiger partial charge in [-0.25, -0.2) is 4.98 Å². The van der Waals surface area contributed by atoms with Gasteiger partial charge >= 0.3 is 0 Å². The molecule has 6 heteroatoms. The molecule has 6 nitrogen and oxygen atoms in total. The van der Waals surface area contributed by atoms with Gasteiger partial charge in [-0.15, -0.1) is 0 Å². The van der Waals surface area contributed by atoms with Crippen molar-refractivity contribution in [2.45, 2.75) is 19.6 Å². The Balaban J connectivity index is 1.90. The van der Waals surface area contributed by atoms with Gasteiger partial charge in [0.15, 0.2) is 0 Å². The van der Waals surface area contributed by atoms with Crippen LogP contribution in [-0.2, 0) is 31.4 Å². The minimum absolute atomic E-state index is 0.553. The molecule has 1 aliphatic heterocycles. The van der Waals surface area contributed by atoms with Crippen LogP contribution in [0.15, 0.2) is 18.6 Å². The normalized spacial score (nSPS) is 14.5. The molecule has 0 saturated heterocycles. The average Bonchev–Trinajstić information content (AvgIpc) is 2.77. The molecule has 2 aromatic rings. The predicted molar refractivity (Wildman–Crippen MR) is 70.7 cm³/mol. The summed E-state index contributed by atoms with van der Waals surface area (Å²) in [4.78, 5) is 10.7. The predicted octanol–water partition coefficient (Wildman–Crippen LogP) is 0.919. The van der Waals surface area contributed by atoms with Gasteiger partial charge in [0.2, 0.25) is 0 Å². The van der Waals surface area contributed by atoms with Crippen molar-refractivity contribution in [3.8, 4) is 0 Å². The van der Waals surface area contributed by atoms with Crippen LogP contribution in [-0.4, -0.2) is 33.4 Å². The number of nitrogens with zero attached hydrogens (tertiary/aromatic N) is 5. The Kier molecular flexibility index (Phi) is 3.16. The fourth-order valence-corrected chi connectivity index (χ4v) is 2.57. The van der Waals surface area contributed by atoms with Crippen molar-refractivity contribution >= 4 is 5.82 Å². The second-order valence-corrected chi connectivity index (χ2v) is 4.66. The van der Waals surface area contributed by atoms with Crippen molar-refractivity contribution in [1.29, 1.82) is 0 Å². The first kappa shape index (κ1) is 12.1. The molecule has 2 aromatic heterocycles. The molecule has 1 aliphatic rings. The highest BCUT2D eigenvalue weighted by molar-refractivity contribution is 5.42. The number of aryl methyl sites for hydroxylation is 1. The van der Waals surface area contributed by atoms with Crippen molar-refractivity contribution in [3.63, 3.8) is 0 Å². The van der Waals surface area contributed by atoms with E-state index in [1.807, 2.05) is 11.7 Å². The first-order valence-electron chi connectivity index (χ1n) is 6.33. The lowest BCUT2D eigenvalue weighted by molar-refractivity contribution is 0.180. The number of fused-ring (bicyclic) bond motifs is 1. The van der Waals surface area contributed by atoms with E-state index in [9.17, 15) is 0 Å². The zero-order chi connectivity index (χ0) is 13.2. The fourth-order valence-electron chi connectivity index (χ4n) is 2.57. The monoisotopic (exact) mass is 259 g/mol. The van der Waals surface area contributed by atoms with Crippen LogP contribution in [0, 0.1) is 0 Å². The van der Waals surface area contributed by atoms with Crippen molar-refractivity contribution in [3.05, 3.63) is 35.5 Å². The Hall–Kier alpha value is -1.95. The third kappa shape index (κ3) is 2.19. The maximum atomic E-state index is 5.23. The molecule has 3 rings (SSSR count). The van der Waals surface area contributed by atoms with E-state index in [2.05, 4.69) is 20.0 Å². The summed E-state index contributed by atoms with van der Waals surface area (Å²) in [5.74, 6) is 0.917. The summed E-state index contributed by atoms with van der Waals surface area (Å²) in [7, 11) is 3.69. The van der Waals surface area contributed by atoms with E-state index >= 15 is 0 Å². The largest absolute Gasteiger partial charge is 0.378 e. The van der Waals surface area contributed by atoms with Crippen LogP contribution in [0.2, 0.25) is 0 Å². The minimum atomic E-state index is 0.553. The Bertz CT molecular complexity index is 566. The smallest absolute Gasteiger partial charge is 0.147 e. The number of hydrogen-bond donors (Lipinski definition) is 0. The molecule has 0 amide bonds. The van der Waals surface area contributed by atoms with Gasteiger partial charge in [-0.1, -0.05) is 0 Å². The van der Waals surface area contributed by atoms with E-state index < -0.39 is 0 Å². The first-order valence-corrected chi connectivity index (χ1v) is 6.33. The fraction of sp³-hybridized carbons (Fsp3) is 0.462. The third-order valence-electron chi connectivity index (χ3n) is 3.48. The second-order valence-electron chi connectivity index (χ2n) is 4.66. The van der Waals surface area contributed by atoms with Crippen LogP contribution in [0.5, 0.6) is 0 Å². The average molecular weight is 259 g/mol. The maximum absolute atomic E-state index is 5.23. The summed E-state index contributed by atoms with van der Waals surface area (Å²) in [6, 6.07) is 0. The van der Waals surface area contributed by atoms with Gasteiger partial charge in [0.25, 0.3) is 0 Å². The molecule has 0 aromatic carbocycles. The third-order valence-corrected chi connectivity index (χ3v) is 3.48. The van der Waals surface area contributed by atoms with E-state index in [4.69, 9.17) is 4.74 Å². The van der Waals surface area contributed by atoms with E-state index in [0.717, 1.165) is 31.0 Å². The minimum Gasteiger partial charge on any atom is -0.378 e. The van der Waals surface area contributed by atoms with E-state index in [0.29, 0.717) is 6.61 Å². The molecule has 0 radical (unpaired) electrons. The summed E-state index contributed by atoms with van der Waals surface area (Å²) in [5, 5.41) is 4.54. The van der Waals surface area contributed by atoms with Crippen molar-refractivity contribution in [2.24, 2.45) is 7.05 Å². The van der Waals surface area contributed by atoms with E-state index in [1.54, 1.807) is 25.7 Å². The Labute approximate surface area is 112 Å². The maximum Gasteiger partial charge on any atom is 0.147 e. The van der Waals surface area contributed by atoms with Crippen molar-refractivity contribution in [2.75, 3.05) is 18.6 Å². The lowest BCUT2D eigenvalue weighted by atomic mass is 10.1. The first-order chi connectivity index (χ1) is 9.29. The van der Waals surface area contributed by atoms with Gasteiger partial charge in [0.1, 0.15) is 5.82 Å². The molecule has 0 atom stereocenters. The molecule has 0 bridgehead atoms. The van der Waals surface area contributed by atoms with Gasteiger partial charge in [0, 0.05) is 57.3 Å². The SMILES string of the molecule is COCc1nn(C)c2c1CN(c1cnccn1)CC2. The van der Waals surface area contributed by atoms with Crippen molar-refractivity contribution < 1.29 is 4.74 Å². The molecule has 0 aliphatic carbocycles. The van der Waals surface area contributed by atoms with E-state index in [1.165, 1.54) is 11.3 Å². The molecule has 3 heterocycles. The van der Waals surface area contributed by atoms with Gasteiger partial charge in [-0.05, 0) is 0 Å². The number of hydrogen-bond acceptors (Lipinski definition) is 5. The molecular formula is C13H17N5O. The standard InChI is InChI=1S/C13H17N5O/c1-17-12-3-6-18(13-7-14-4-5-15-13)8-10(12)11(16-17)9-19-2/h4-5,7H,3,6,8-9H2,1-2H3. The molecule has 0 unspecified atom stereocenters. The highest BCUT2D eigenvalue weighted by Gasteiger charge is 2.24. The van der Waals surface area contributed by atoms with Crippen molar-refractivity contribution in [1.82, 2.24) is 19.7 Å². The van der Waals surface area contributed by atoms with E-state index in [-0.39, 0.29) is 0 Å². The van der Waals surface area contributed by atoms with Crippen LogP contribution >= 0.6 is 0 Å². The number of methoxy groups -OCH3 is 1. The lowest BCUT2D eigenvalue weighted by Gasteiger charge is -2.28. The molecular weight excluding hydrogens is 242 g/mol. The number of aromatic nitrogens is 4. The van der Waals surface area contributed by atoms with Crippen LogP contribution < -0.4 is 4.90 Å². The zero-order valence-electron chi connectivity index (χ0n) is 11.2. The van der Waals surface area contributed by atoms with Crippen LogP contribution in [0.25, 0.3) is 0 Å². The summed E-state index contributed by atoms with van der Waals surface area (Å²) in [6.45, 7) is 2.32. The van der Waals surface area contributed by atoms with Crippen LogP contribution in [0.3, 0.4) is 0 Å². The number of anilines is 1. The molecule has 19 heavy (non-hydrogen) atoms. The number of ether oxygens (including phenoxy) is 1. The van der Waals surface area contributed by atoms with Crippen LogP contribution in [0.4, 0.5) is 5.82 Å². The topological polar surface area (TPSA) is 56.1 Å². The molecule has 0 fully saturated rings. The second kappa shape index (κ2) is 4.97. The molecule has 0 saturated carbocycles. The summed E-state index contributed by atoms with van der Waals surface area (Å²) in [5.41, 5.74) is 3.59. The molecule has 0 N–H and O–H groups in total. The Morgan fingerprint density at radius 3 is 3.00 bits per heavy atom.